The van der Waals surface area contributed by atoms with E-state index in [1.165, 1.54) is 0 Å². The lowest BCUT2D eigenvalue weighted by Crippen LogP contribution is -2.24. The van der Waals surface area contributed by atoms with Crippen LogP contribution in [0.4, 0.5) is 0 Å². The molecule has 152 valence electrons. The van der Waals surface area contributed by atoms with E-state index in [0.29, 0.717) is 17.8 Å². The summed E-state index contributed by atoms with van der Waals surface area (Å²) in [6, 6.07) is 0. The largest absolute Gasteiger partial charge is 0.477 e. The number of H-pyrrole nitrogens is 2. The predicted octanol–water partition coefficient (Wildman–Crippen LogP) is 4.34. The van der Waals surface area contributed by atoms with Crippen LogP contribution in [0.5, 0.6) is 0 Å². The number of carboxylic acid groups (broad SMARTS) is 1. The van der Waals surface area contributed by atoms with Gasteiger partial charge in [0.05, 0.1) is 0 Å². The number of esters is 1. The molecule has 0 saturated heterocycles. The van der Waals surface area contributed by atoms with Crippen molar-refractivity contribution in [3.05, 3.63) is 45.0 Å². The van der Waals surface area contributed by atoms with Crippen molar-refractivity contribution in [1.82, 2.24) is 9.97 Å². The number of aromatic carboxylic acids is 1. The summed E-state index contributed by atoms with van der Waals surface area (Å²) in [7, 11) is 0. The molecule has 0 bridgehead atoms. The zero-order chi connectivity index (χ0) is 20.6. The summed E-state index contributed by atoms with van der Waals surface area (Å²) in [6.45, 7) is 9.59. The van der Waals surface area contributed by atoms with E-state index in [1.54, 1.807) is 0 Å². The van der Waals surface area contributed by atoms with Gasteiger partial charge in [-0.1, -0.05) is 6.92 Å². The number of hydrogen-bond donors (Lipinski definition) is 3. The fourth-order valence-corrected chi connectivity index (χ4v) is 4.14. The zero-order valence-electron chi connectivity index (χ0n) is 17.4. The second kappa shape index (κ2) is 7.49. The first-order valence-electron chi connectivity index (χ1n) is 10.0. The smallest absolute Gasteiger partial charge is 0.355 e. The highest BCUT2D eigenvalue weighted by Gasteiger charge is 2.27. The summed E-state index contributed by atoms with van der Waals surface area (Å²) in [4.78, 5) is 30.7. The summed E-state index contributed by atoms with van der Waals surface area (Å²) in [5.41, 5.74) is 6.22. The van der Waals surface area contributed by atoms with Crippen molar-refractivity contribution in [3.8, 4) is 0 Å². The fraction of sp³-hybridized carbons (Fsp3) is 0.545. The third-order valence-corrected chi connectivity index (χ3v) is 5.42. The van der Waals surface area contributed by atoms with Crippen LogP contribution >= 0.6 is 0 Å². The van der Waals surface area contributed by atoms with Gasteiger partial charge in [0.1, 0.15) is 17.0 Å². The van der Waals surface area contributed by atoms with E-state index in [2.05, 4.69) is 9.97 Å². The number of carboxylic acids is 1. The Labute approximate surface area is 165 Å². The lowest BCUT2D eigenvalue weighted by Gasteiger charge is -2.19. The van der Waals surface area contributed by atoms with Crippen LogP contribution in [0.15, 0.2) is 0 Å². The summed E-state index contributed by atoms with van der Waals surface area (Å²) in [6.07, 6.45) is 5.07. The molecule has 0 aliphatic heterocycles. The van der Waals surface area contributed by atoms with Gasteiger partial charge in [0.15, 0.2) is 0 Å². The molecule has 0 spiro atoms. The van der Waals surface area contributed by atoms with Crippen LogP contribution in [0.3, 0.4) is 0 Å². The Balaban J connectivity index is 1.98. The Morgan fingerprint density at radius 2 is 1.64 bits per heavy atom. The highest BCUT2D eigenvalue weighted by molar-refractivity contribution is 5.90. The minimum Gasteiger partial charge on any atom is -0.477 e. The Morgan fingerprint density at radius 3 is 2.21 bits per heavy atom. The number of carbonyl (C=O) groups excluding carboxylic acids is 1. The van der Waals surface area contributed by atoms with Crippen LogP contribution in [0, 0.1) is 6.92 Å². The average Bonchev–Trinajstić information content (AvgIpc) is 3.13. The van der Waals surface area contributed by atoms with E-state index in [0.717, 1.165) is 65.7 Å². The molecule has 0 radical (unpaired) electrons. The highest BCUT2D eigenvalue weighted by Crippen LogP contribution is 2.31. The molecule has 0 unspecified atom stereocenters. The van der Waals surface area contributed by atoms with E-state index < -0.39 is 11.6 Å². The minimum absolute atomic E-state index is 0.317. The molecule has 6 heteroatoms. The van der Waals surface area contributed by atoms with Crippen molar-refractivity contribution < 1.29 is 19.4 Å². The van der Waals surface area contributed by atoms with E-state index in [-0.39, 0.29) is 5.97 Å². The van der Waals surface area contributed by atoms with Crippen molar-refractivity contribution in [1.29, 1.82) is 0 Å². The number of rotatable bonds is 5. The van der Waals surface area contributed by atoms with E-state index >= 15 is 0 Å². The SMILES string of the molecule is CCc1c(C(=O)OC(C)(C)C)[nH]c(Cc2[nH]c(C(=O)O)c3c2CCCC3)c1C. The average molecular weight is 386 g/mol. The quantitative estimate of drug-likeness (QED) is 0.666. The zero-order valence-corrected chi connectivity index (χ0v) is 17.4. The number of fused-ring (bicyclic) bond motifs is 1. The van der Waals surface area contributed by atoms with Crippen LogP contribution in [0.1, 0.15) is 95.2 Å². The van der Waals surface area contributed by atoms with Crippen molar-refractivity contribution in [2.24, 2.45) is 0 Å². The fourth-order valence-electron chi connectivity index (χ4n) is 4.14. The Bertz CT molecular complexity index is 912. The molecular weight excluding hydrogens is 356 g/mol. The number of ether oxygens (including phenoxy) is 1. The number of aromatic nitrogens is 2. The van der Waals surface area contributed by atoms with E-state index in [9.17, 15) is 14.7 Å². The maximum atomic E-state index is 12.6. The molecule has 2 aromatic heterocycles. The monoisotopic (exact) mass is 386 g/mol. The third kappa shape index (κ3) is 3.86. The van der Waals surface area contributed by atoms with Crippen molar-refractivity contribution in [2.75, 3.05) is 0 Å². The molecule has 0 amide bonds. The van der Waals surface area contributed by atoms with Gasteiger partial charge < -0.3 is 19.8 Å². The van der Waals surface area contributed by atoms with Gasteiger partial charge in [-0.2, -0.15) is 0 Å². The molecule has 3 N–H and O–H groups in total. The Morgan fingerprint density at radius 1 is 1.04 bits per heavy atom. The van der Waals surface area contributed by atoms with Gasteiger partial charge in [0.25, 0.3) is 0 Å². The molecule has 0 aromatic carbocycles. The number of carbonyl (C=O) groups is 2. The number of hydrogen-bond acceptors (Lipinski definition) is 3. The summed E-state index contributed by atoms with van der Waals surface area (Å²) in [5.74, 6) is -1.25. The van der Waals surface area contributed by atoms with Crippen LogP contribution in [-0.4, -0.2) is 32.6 Å². The van der Waals surface area contributed by atoms with Crippen LogP contribution in [-0.2, 0) is 30.4 Å². The normalized spacial score (nSPS) is 14.0. The van der Waals surface area contributed by atoms with Crippen LogP contribution < -0.4 is 0 Å². The molecule has 1 aliphatic carbocycles. The first-order chi connectivity index (χ1) is 13.1. The summed E-state index contributed by atoms with van der Waals surface area (Å²) >= 11 is 0. The van der Waals surface area contributed by atoms with Crippen LogP contribution in [0.2, 0.25) is 0 Å². The second-order valence-corrected chi connectivity index (χ2v) is 8.56. The Hall–Kier alpha value is -2.50. The number of aromatic amines is 2. The van der Waals surface area contributed by atoms with Crippen LogP contribution in [0.25, 0.3) is 0 Å². The molecule has 0 atom stereocenters. The molecule has 0 fully saturated rings. The lowest BCUT2D eigenvalue weighted by molar-refractivity contribution is 0.00620. The highest BCUT2D eigenvalue weighted by atomic mass is 16.6. The topological polar surface area (TPSA) is 95.2 Å². The molecular formula is C22H30N2O4. The maximum Gasteiger partial charge on any atom is 0.355 e. The van der Waals surface area contributed by atoms with Gasteiger partial charge in [0, 0.05) is 17.8 Å². The van der Waals surface area contributed by atoms with Gasteiger partial charge in [-0.25, -0.2) is 9.59 Å². The molecule has 2 heterocycles. The summed E-state index contributed by atoms with van der Waals surface area (Å²) in [5, 5.41) is 9.54. The van der Waals surface area contributed by atoms with Gasteiger partial charge in [-0.05, 0) is 82.1 Å². The molecule has 2 aromatic rings. The van der Waals surface area contributed by atoms with E-state index in [4.69, 9.17) is 4.74 Å². The van der Waals surface area contributed by atoms with Crippen molar-refractivity contribution in [3.63, 3.8) is 0 Å². The first kappa shape index (κ1) is 20.2. The standard InChI is InChI=1S/C22H30N2O4/c1-6-13-12(2)16(23-19(13)21(27)28-22(3,4)5)11-17-14-9-7-8-10-15(14)18(24-17)20(25)26/h23-24H,6-11H2,1-5H3,(H,25,26). The van der Waals surface area contributed by atoms with Gasteiger partial charge in [-0.15, -0.1) is 0 Å². The van der Waals surface area contributed by atoms with E-state index in [1.807, 2.05) is 34.6 Å². The molecule has 1 aliphatic rings. The number of nitrogens with one attached hydrogen (secondary N) is 2. The minimum atomic E-state index is -0.906. The van der Waals surface area contributed by atoms with Crippen molar-refractivity contribution >= 4 is 11.9 Å². The van der Waals surface area contributed by atoms with Gasteiger partial charge >= 0.3 is 11.9 Å². The van der Waals surface area contributed by atoms with Gasteiger partial charge in [-0.3, -0.25) is 0 Å². The Kier molecular flexibility index (Phi) is 5.41. The van der Waals surface area contributed by atoms with Gasteiger partial charge in [0.2, 0.25) is 0 Å². The molecule has 3 rings (SSSR count). The second-order valence-electron chi connectivity index (χ2n) is 8.56. The predicted molar refractivity (Wildman–Crippen MR) is 107 cm³/mol. The maximum absolute atomic E-state index is 12.6. The molecule has 6 nitrogen and oxygen atoms in total. The first-order valence-corrected chi connectivity index (χ1v) is 10.0. The lowest BCUT2D eigenvalue weighted by atomic mass is 9.91. The van der Waals surface area contributed by atoms with Crippen molar-refractivity contribution in [2.45, 2.75) is 78.7 Å². The molecule has 28 heavy (non-hydrogen) atoms. The third-order valence-electron chi connectivity index (χ3n) is 5.42. The molecule has 0 saturated carbocycles. The summed E-state index contributed by atoms with van der Waals surface area (Å²) < 4.78 is 5.56.